The van der Waals surface area contributed by atoms with E-state index in [0.29, 0.717) is 24.7 Å². The van der Waals surface area contributed by atoms with Gasteiger partial charge in [-0.05, 0) is 42.7 Å². The summed E-state index contributed by atoms with van der Waals surface area (Å²) in [5, 5.41) is 15.1. The van der Waals surface area contributed by atoms with Gasteiger partial charge in [0.1, 0.15) is 11.5 Å². The van der Waals surface area contributed by atoms with Crippen LogP contribution in [-0.2, 0) is 0 Å². The number of anilines is 1. The molecule has 0 aromatic heterocycles. The van der Waals surface area contributed by atoms with Gasteiger partial charge in [-0.25, -0.2) is 0 Å². The number of hydrogen-bond donors (Lipinski definition) is 1. The largest absolute Gasteiger partial charge is 0.545 e. The average molecular weight is 355 g/mol. The molecule has 0 aliphatic heterocycles. The molecule has 0 spiro atoms. The predicted molar refractivity (Wildman–Crippen MR) is 100 cm³/mol. The molecule has 2 aromatic carbocycles. The van der Waals surface area contributed by atoms with Crippen molar-refractivity contribution in [3.63, 3.8) is 0 Å². The standard InChI is InChI=1S/C20H24N2O4/c1-3-10-25-18-9-8-16(19(13-18)26-11-4-2)14-21-22-17-7-5-6-15(12-17)20(23)24/h5-9,12-14,22H,3-4,10-11H2,1-2H3,(H,23,24)/p-1/b21-14-. The molecule has 0 saturated carbocycles. The molecule has 1 N–H and O–H groups in total. The highest BCUT2D eigenvalue weighted by atomic mass is 16.5. The number of hydrogen-bond acceptors (Lipinski definition) is 6. The SMILES string of the molecule is CCCOc1ccc(/C=N\Nc2cccc(C(=O)[O-])c2)c(OCCC)c1. The second kappa shape index (κ2) is 10.1. The van der Waals surface area contributed by atoms with Gasteiger partial charge in [-0.1, -0.05) is 26.0 Å². The Labute approximate surface area is 153 Å². The summed E-state index contributed by atoms with van der Waals surface area (Å²) in [7, 11) is 0. The lowest BCUT2D eigenvalue weighted by Gasteiger charge is -2.11. The van der Waals surface area contributed by atoms with Gasteiger partial charge in [0.2, 0.25) is 0 Å². The highest BCUT2D eigenvalue weighted by molar-refractivity contribution is 5.87. The van der Waals surface area contributed by atoms with Gasteiger partial charge in [0, 0.05) is 11.6 Å². The Kier molecular flexibility index (Phi) is 7.49. The number of carbonyl (C=O) groups excluding carboxylic acids is 1. The maximum absolute atomic E-state index is 10.9. The zero-order valence-electron chi connectivity index (χ0n) is 15.0. The van der Waals surface area contributed by atoms with Crippen molar-refractivity contribution in [2.24, 2.45) is 5.10 Å². The van der Waals surface area contributed by atoms with E-state index in [0.717, 1.165) is 24.2 Å². The van der Waals surface area contributed by atoms with Gasteiger partial charge in [-0.2, -0.15) is 5.10 Å². The van der Waals surface area contributed by atoms with Gasteiger partial charge in [0.05, 0.1) is 31.1 Å². The second-order valence-electron chi connectivity index (χ2n) is 5.63. The van der Waals surface area contributed by atoms with Crippen LogP contribution in [0.15, 0.2) is 47.6 Å². The van der Waals surface area contributed by atoms with Crippen LogP contribution in [0, 0.1) is 0 Å². The van der Waals surface area contributed by atoms with Crippen molar-refractivity contribution in [3.05, 3.63) is 53.6 Å². The number of aromatic carboxylic acids is 1. The number of ether oxygens (including phenoxy) is 2. The van der Waals surface area contributed by atoms with Crippen molar-refractivity contribution in [3.8, 4) is 11.5 Å². The molecule has 0 amide bonds. The number of nitrogens with zero attached hydrogens (tertiary/aromatic N) is 1. The fourth-order valence-electron chi connectivity index (χ4n) is 2.16. The molecule has 26 heavy (non-hydrogen) atoms. The van der Waals surface area contributed by atoms with Crippen LogP contribution < -0.4 is 20.0 Å². The number of carboxylic acid groups (broad SMARTS) is 1. The fourth-order valence-corrected chi connectivity index (χ4v) is 2.16. The van der Waals surface area contributed by atoms with E-state index in [-0.39, 0.29) is 5.56 Å². The third kappa shape index (κ3) is 5.81. The zero-order chi connectivity index (χ0) is 18.8. The van der Waals surface area contributed by atoms with Gasteiger partial charge in [-0.15, -0.1) is 0 Å². The quantitative estimate of drug-likeness (QED) is 0.523. The van der Waals surface area contributed by atoms with Crippen LogP contribution in [0.4, 0.5) is 5.69 Å². The molecule has 0 aliphatic carbocycles. The van der Waals surface area contributed by atoms with E-state index in [2.05, 4.69) is 17.5 Å². The summed E-state index contributed by atoms with van der Waals surface area (Å²) >= 11 is 0. The molecule has 6 heteroatoms. The second-order valence-corrected chi connectivity index (χ2v) is 5.63. The molecule has 0 fully saturated rings. The van der Waals surface area contributed by atoms with Gasteiger partial charge in [-0.3, -0.25) is 5.43 Å². The molecule has 2 rings (SSSR count). The summed E-state index contributed by atoms with van der Waals surface area (Å²) in [6, 6.07) is 11.9. The minimum Gasteiger partial charge on any atom is -0.545 e. The van der Waals surface area contributed by atoms with Gasteiger partial charge >= 0.3 is 0 Å². The molecule has 138 valence electrons. The normalized spacial score (nSPS) is 10.7. The van der Waals surface area contributed by atoms with Crippen LogP contribution in [0.2, 0.25) is 0 Å². The summed E-state index contributed by atoms with van der Waals surface area (Å²) in [6.45, 7) is 5.34. The Bertz CT molecular complexity index is 759. The Balaban J connectivity index is 2.12. The van der Waals surface area contributed by atoms with Crippen molar-refractivity contribution >= 4 is 17.9 Å². The minimum atomic E-state index is -1.23. The summed E-state index contributed by atoms with van der Waals surface area (Å²) in [4.78, 5) is 10.9. The minimum absolute atomic E-state index is 0.0922. The van der Waals surface area contributed by atoms with Crippen molar-refractivity contribution in [1.29, 1.82) is 0 Å². The lowest BCUT2D eigenvalue weighted by Crippen LogP contribution is -2.22. The lowest BCUT2D eigenvalue weighted by molar-refractivity contribution is -0.255. The molecule has 0 saturated heterocycles. The summed E-state index contributed by atoms with van der Waals surface area (Å²) < 4.78 is 11.4. The van der Waals surface area contributed by atoms with Crippen molar-refractivity contribution in [2.75, 3.05) is 18.6 Å². The molecule has 0 atom stereocenters. The van der Waals surface area contributed by atoms with Crippen molar-refractivity contribution in [2.45, 2.75) is 26.7 Å². The van der Waals surface area contributed by atoms with Crippen LogP contribution in [0.1, 0.15) is 42.6 Å². The molecule has 0 heterocycles. The number of carbonyl (C=O) groups is 1. The molecule has 6 nitrogen and oxygen atoms in total. The molecule has 0 unspecified atom stereocenters. The fraction of sp³-hybridized carbons (Fsp3) is 0.300. The third-order valence-electron chi connectivity index (χ3n) is 3.42. The smallest absolute Gasteiger partial charge is 0.131 e. The number of rotatable bonds is 10. The Hall–Kier alpha value is -3.02. The maximum Gasteiger partial charge on any atom is 0.131 e. The first-order valence-corrected chi connectivity index (χ1v) is 8.64. The van der Waals surface area contributed by atoms with Crippen LogP contribution >= 0.6 is 0 Å². The first kappa shape index (κ1) is 19.3. The third-order valence-corrected chi connectivity index (χ3v) is 3.42. The monoisotopic (exact) mass is 355 g/mol. The molecular weight excluding hydrogens is 332 g/mol. The van der Waals surface area contributed by atoms with Crippen LogP contribution in [-0.4, -0.2) is 25.4 Å². The Morgan fingerprint density at radius 3 is 2.62 bits per heavy atom. The lowest BCUT2D eigenvalue weighted by atomic mass is 10.2. The van der Waals surface area contributed by atoms with E-state index in [4.69, 9.17) is 9.47 Å². The van der Waals surface area contributed by atoms with E-state index in [1.807, 2.05) is 25.1 Å². The molecule has 0 bridgehead atoms. The van der Waals surface area contributed by atoms with Gasteiger partial charge in [0.15, 0.2) is 0 Å². The van der Waals surface area contributed by atoms with Crippen LogP contribution in [0.5, 0.6) is 11.5 Å². The van der Waals surface area contributed by atoms with Gasteiger partial charge < -0.3 is 19.4 Å². The Morgan fingerprint density at radius 2 is 1.88 bits per heavy atom. The summed E-state index contributed by atoms with van der Waals surface area (Å²) in [6.07, 6.45) is 3.45. The molecular formula is C20H23N2O4-. The first-order valence-electron chi connectivity index (χ1n) is 8.64. The maximum atomic E-state index is 10.9. The number of nitrogens with one attached hydrogen (secondary N) is 1. The first-order chi connectivity index (χ1) is 12.6. The van der Waals surface area contributed by atoms with E-state index < -0.39 is 5.97 Å². The number of hydrazone groups is 1. The summed E-state index contributed by atoms with van der Waals surface area (Å²) in [5.74, 6) is 0.217. The van der Waals surface area contributed by atoms with Crippen molar-refractivity contribution < 1.29 is 19.4 Å². The summed E-state index contributed by atoms with van der Waals surface area (Å²) in [5.41, 5.74) is 4.26. The van der Waals surface area contributed by atoms with E-state index in [9.17, 15) is 9.90 Å². The molecule has 0 radical (unpaired) electrons. The number of benzene rings is 2. The average Bonchev–Trinajstić information content (AvgIpc) is 2.66. The molecule has 0 aliphatic rings. The predicted octanol–water partition coefficient (Wildman–Crippen LogP) is 3.07. The zero-order valence-corrected chi connectivity index (χ0v) is 15.0. The van der Waals surface area contributed by atoms with Crippen LogP contribution in [0.3, 0.4) is 0 Å². The highest BCUT2D eigenvalue weighted by Gasteiger charge is 2.05. The van der Waals surface area contributed by atoms with Crippen LogP contribution in [0.25, 0.3) is 0 Å². The van der Waals surface area contributed by atoms with Gasteiger partial charge in [0.25, 0.3) is 0 Å². The topological polar surface area (TPSA) is 83.0 Å². The van der Waals surface area contributed by atoms with E-state index in [1.54, 1.807) is 18.3 Å². The molecule has 2 aromatic rings. The Morgan fingerprint density at radius 1 is 1.12 bits per heavy atom. The number of carboxylic acids is 1. The van der Waals surface area contributed by atoms with E-state index >= 15 is 0 Å². The van der Waals surface area contributed by atoms with E-state index in [1.165, 1.54) is 12.1 Å². The highest BCUT2D eigenvalue weighted by Crippen LogP contribution is 2.24. The van der Waals surface area contributed by atoms with Crippen molar-refractivity contribution in [1.82, 2.24) is 0 Å².